The van der Waals surface area contributed by atoms with E-state index in [2.05, 4.69) is 19.8 Å². The molecule has 1 amide bonds. The number of para-hydroxylation sites is 2. The summed E-state index contributed by atoms with van der Waals surface area (Å²) in [6.45, 7) is 2.04. The summed E-state index contributed by atoms with van der Waals surface area (Å²) in [7, 11) is -2.04. The predicted molar refractivity (Wildman–Crippen MR) is 114 cm³/mol. The number of hydrogen-bond acceptors (Lipinski definition) is 8. The zero-order valence-electron chi connectivity index (χ0n) is 17.6. The van der Waals surface area contributed by atoms with E-state index in [-0.39, 0.29) is 35.4 Å². The first-order valence-corrected chi connectivity index (χ1v) is 11.0. The van der Waals surface area contributed by atoms with Gasteiger partial charge in [0.05, 0.1) is 30.8 Å². The van der Waals surface area contributed by atoms with Gasteiger partial charge in [0.15, 0.2) is 5.69 Å². The van der Waals surface area contributed by atoms with Crippen LogP contribution in [-0.4, -0.2) is 46.4 Å². The highest BCUT2D eigenvalue weighted by Gasteiger charge is 2.22. The first-order valence-electron chi connectivity index (χ1n) is 9.43. The Labute approximate surface area is 183 Å². The Morgan fingerprint density at radius 2 is 1.66 bits per heavy atom. The fourth-order valence-electron chi connectivity index (χ4n) is 2.91. The van der Waals surface area contributed by atoms with Crippen LogP contribution in [0.1, 0.15) is 23.0 Å². The normalized spacial score (nSPS) is 11.2. The van der Waals surface area contributed by atoms with E-state index >= 15 is 0 Å². The number of amides is 1. The van der Waals surface area contributed by atoms with Crippen LogP contribution >= 0.6 is 7.82 Å². The quantitative estimate of drug-likeness (QED) is 0.404. The number of rotatable bonds is 9. The number of nitrogens with one attached hydrogen (secondary N) is 1. The first-order chi connectivity index (χ1) is 15.3. The third-order valence-corrected chi connectivity index (χ3v) is 4.70. The molecular formula is C20H22N3O8P. The van der Waals surface area contributed by atoms with Gasteiger partial charge in [0, 0.05) is 18.7 Å². The average Bonchev–Trinajstić information content (AvgIpc) is 2.75. The lowest BCUT2D eigenvalue weighted by Gasteiger charge is -2.17. The van der Waals surface area contributed by atoms with Gasteiger partial charge in [-0.25, -0.2) is 14.5 Å². The third kappa shape index (κ3) is 5.44. The van der Waals surface area contributed by atoms with Crippen LogP contribution in [0.15, 0.2) is 36.4 Å². The molecule has 3 N–H and O–H groups in total. The zero-order chi connectivity index (χ0) is 23.3. The van der Waals surface area contributed by atoms with Crippen LogP contribution in [0.4, 0.5) is 0 Å². The smallest absolute Gasteiger partial charge is 0.496 e. The molecule has 0 aliphatic heterocycles. The summed E-state index contributed by atoms with van der Waals surface area (Å²) in [5, 5.41) is 2.68. The number of hydrogen-bond donors (Lipinski definition) is 3. The van der Waals surface area contributed by atoms with Gasteiger partial charge in [-0.3, -0.25) is 14.6 Å². The molecule has 3 aromatic rings. The second-order valence-corrected chi connectivity index (χ2v) is 7.57. The summed E-state index contributed by atoms with van der Waals surface area (Å²) < 4.78 is 32.2. The molecule has 1 heterocycles. The van der Waals surface area contributed by atoms with Crippen molar-refractivity contribution in [2.45, 2.75) is 13.5 Å². The maximum atomic E-state index is 12.5. The minimum absolute atomic E-state index is 0.00861. The second kappa shape index (κ2) is 9.82. The van der Waals surface area contributed by atoms with E-state index in [0.717, 1.165) is 0 Å². The monoisotopic (exact) mass is 463 g/mol. The molecule has 1 aromatic heterocycles. The molecule has 0 aliphatic rings. The summed E-state index contributed by atoms with van der Waals surface area (Å²) in [6, 6.07) is 9.63. The molecular weight excluding hydrogens is 441 g/mol. The van der Waals surface area contributed by atoms with Crippen molar-refractivity contribution < 1.29 is 37.9 Å². The third-order valence-electron chi connectivity index (χ3n) is 4.25. The summed E-state index contributed by atoms with van der Waals surface area (Å²) in [6.07, 6.45) is 0. The minimum Gasteiger partial charge on any atom is -0.496 e. The average molecular weight is 463 g/mol. The standard InChI is InChI=1S/C20H22N3O8P/c1-4-21-19(24)18-20(23-15-8-6-5-7-14(15)22-18)30-11-13-16(28-2)9-12(10-17(13)29-3)31-32(25,26)27/h5-10H,4,11H2,1-3H3,(H,21,24)(H2,25,26,27). The van der Waals surface area contributed by atoms with Gasteiger partial charge in [-0.1, -0.05) is 12.1 Å². The minimum atomic E-state index is -4.78. The molecule has 11 nitrogen and oxygen atoms in total. The molecule has 0 bridgehead atoms. The molecule has 0 atom stereocenters. The van der Waals surface area contributed by atoms with Gasteiger partial charge < -0.3 is 24.1 Å². The van der Waals surface area contributed by atoms with Crippen molar-refractivity contribution >= 4 is 24.8 Å². The van der Waals surface area contributed by atoms with Crippen LogP contribution in [0.2, 0.25) is 0 Å². The topological polar surface area (TPSA) is 149 Å². The number of phosphoric acid groups is 1. The van der Waals surface area contributed by atoms with Crippen molar-refractivity contribution in [2.75, 3.05) is 20.8 Å². The number of aromatic nitrogens is 2. The molecule has 12 heteroatoms. The summed E-state index contributed by atoms with van der Waals surface area (Å²) >= 11 is 0. The molecule has 2 aromatic carbocycles. The van der Waals surface area contributed by atoms with Gasteiger partial charge in [-0.15, -0.1) is 0 Å². The highest BCUT2D eigenvalue weighted by atomic mass is 31.2. The Morgan fingerprint density at radius 1 is 1.06 bits per heavy atom. The largest absolute Gasteiger partial charge is 0.524 e. The van der Waals surface area contributed by atoms with Crippen molar-refractivity contribution in [3.8, 4) is 23.1 Å². The fourth-order valence-corrected chi connectivity index (χ4v) is 3.29. The van der Waals surface area contributed by atoms with Gasteiger partial charge in [-0.05, 0) is 19.1 Å². The van der Waals surface area contributed by atoms with Crippen LogP contribution in [-0.2, 0) is 11.2 Å². The van der Waals surface area contributed by atoms with Gasteiger partial charge in [0.1, 0.15) is 23.9 Å². The number of ether oxygens (including phenoxy) is 3. The van der Waals surface area contributed by atoms with Gasteiger partial charge in [0.2, 0.25) is 5.88 Å². The molecule has 0 aliphatic carbocycles. The van der Waals surface area contributed by atoms with Gasteiger partial charge in [-0.2, -0.15) is 0 Å². The Morgan fingerprint density at radius 3 is 2.19 bits per heavy atom. The summed E-state index contributed by atoms with van der Waals surface area (Å²) in [5.41, 5.74) is 1.50. The van der Waals surface area contributed by atoms with Gasteiger partial charge in [0.25, 0.3) is 5.91 Å². The van der Waals surface area contributed by atoms with E-state index in [4.69, 9.17) is 24.0 Å². The molecule has 3 rings (SSSR count). The molecule has 32 heavy (non-hydrogen) atoms. The molecule has 170 valence electrons. The van der Waals surface area contributed by atoms with Crippen molar-refractivity contribution in [2.24, 2.45) is 0 Å². The lowest BCUT2D eigenvalue weighted by Crippen LogP contribution is -2.25. The van der Waals surface area contributed by atoms with Crippen LogP contribution in [0.5, 0.6) is 23.1 Å². The number of carbonyl (C=O) groups excluding carboxylic acids is 1. The maximum absolute atomic E-state index is 12.5. The Hall–Kier alpha value is -3.40. The highest BCUT2D eigenvalue weighted by Crippen LogP contribution is 2.42. The number of phosphoric ester groups is 1. The van der Waals surface area contributed by atoms with Crippen LogP contribution in [0.3, 0.4) is 0 Å². The molecule has 0 unspecified atom stereocenters. The van der Waals surface area contributed by atoms with Crippen molar-refractivity contribution in [3.05, 3.63) is 47.7 Å². The summed E-state index contributed by atoms with van der Waals surface area (Å²) in [5.74, 6) is -0.189. The predicted octanol–water partition coefficient (Wildman–Crippen LogP) is 2.45. The van der Waals surface area contributed by atoms with E-state index in [1.54, 1.807) is 31.2 Å². The van der Waals surface area contributed by atoms with Crippen LogP contribution < -0.4 is 24.1 Å². The summed E-state index contributed by atoms with van der Waals surface area (Å²) in [4.78, 5) is 39.4. The maximum Gasteiger partial charge on any atom is 0.524 e. The van der Waals surface area contributed by atoms with E-state index in [1.807, 2.05) is 0 Å². The van der Waals surface area contributed by atoms with Crippen LogP contribution in [0.25, 0.3) is 11.0 Å². The van der Waals surface area contributed by atoms with Crippen LogP contribution in [0, 0.1) is 0 Å². The van der Waals surface area contributed by atoms with Gasteiger partial charge >= 0.3 is 7.82 Å². The van der Waals surface area contributed by atoms with Crippen molar-refractivity contribution in [1.82, 2.24) is 15.3 Å². The zero-order valence-corrected chi connectivity index (χ0v) is 18.5. The fraction of sp³-hybridized carbons (Fsp3) is 0.250. The molecule has 0 saturated heterocycles. The molecule has 0 fully saturated rings. The molecule has 0 radical (unpaired) electrons. The number of benzene rings is 2. The number of nitrogens with zero attached hydrogens (tertiary/aromatic N) is 2. The molecule has 0 saturated carbocycles. The highest BCUT2D eigenvalue weighted by molar-refractivity contribution is 7.46. The lowest BCUT2D eigenvalue weighted by molar-refractivity contribution is 0.0945. The Kier molecular flexibility index (Phi) is 7.14. The SMILES string of the molecule is CCNC(=O)c1nc2ccccc2nc1OCc1c(OC)cc(OP(=O)(O)O)cc1OC. The number of carbonyl (C=O) groups is 1. The van der Waals surface area contributed by atoms with Crippen molar-refractivity contribution in [3.63, 3.8) is 0 Å². The van der Waals surface area contributed by atoms with E-state index in [9.17, 15) is 9.36 Å². The van der Waals surface area contributed by atoms with Crippen molar-refractivity contribution in [1.29, 1.82) is 0 Å². The van der Waals surface area contributed by atoms with E-state index < -0.39 is 13.7 Å². The lowest BCUT2D eigenvalue weighted by atomic mass is 10.1. The molecule has 0 spiro atoms. The number of fused-ring (bicyclic) bond motifs is 1. The Bertz CT molecular complexity index is 1160. The Balaban J connectivity index is 1.99. The number of methoxy groups -OCH3 is 2. The van der Waals surface area contributed by atoms with E-state index in [1.165, 1.54) is 26.4 Å². The first kappa shape index (κ1) is 23.3. The van der Waals surface area contributed by atoms with E-state index in [0.29, 0.717) is 23.1 Å². The second-order valence-electron chi connectivity index (χ2n) is 6.40.